The third kappa shape index (κ3) is 4.63. The minimum Gasteiger partial charge on any atom is -0.478 e. The fourth-order valence-corrected chi connectivity index (χ4v) is 2.54. The van der Waals surface area contributed by atoms with Crippen molar-refractivity contribution in [1.29, 1.82) is 0 Å². The Bertz CT molecular complexity index is 503. The molecule has 19 heavy (non-hydrogen) atoms. The highest BCUT2D eigenvalue weighted by atomic mass is 32.2. The molecule has 0 aliphatic carbocycles. The molecule has 5 nitrogen and oxygen atoms in total. The third-order valence-electron chi connectivity index (χ3n) is 2.78. The molecule has 0 fully saturated rings. The van der Waals surface area contributed by atoms with Gasteiger partial charge in [0.25, 0.3) is 0 Å². The van der Waals surface area contributed by atoms with Gasteiger partial charge in [-0.3, -0.25) is 4.21 Å². The highest BCUT2D eigenvalue weighted by molar-refractivity contribution is 7.84. The van der Waals surface area contributed by atoms with E-state index < -0.39 is 16.8 Å². The fraction of sp³-hybridized carbons (Fsp3) is 0.538. The first-order valence-electron chi connectivity index (χ1n) is 6.09. The number of pyridine rings is 1. The molecule has 106 valence electrons. The van der Waals surface area contributed by atoms with Gasteiger partial charge in [-0.2, -0.15) is 0 Å². The highest BCUT2D eigenvalue weighted by Crippen LogP contribution is 2.20. The second-order valence-corrected chi connectivity index (χ2v) is 6.28. The van der Waals surface area contributed by atoms with E-state index in [1.165, 1.54) is 0 Å². The summed E-state index contributed by atoms with van der Waals surface area (Å²) in [6.45, 7) is 5.52. The molecular formula is C13H20N2O3S. The van der Waals surface area contributed by atoms with Crippen molar-refractivity contribution >= 4 is 22.6 Å². The van der Waals surface area contributed by atoms with E-state index in [0.29, 0.717) is 23.6 Å². The maximum atomic E-state index is 11.3. The van der Waals surface area contributed by atoms with E-state index in [-0.39, 0.29) is 11.6 Å². The van der Waals surface area contributed by atoms with Crippen LogP contribution in [0.3, 0.4) is 0 Å². The number of carboxylic acids is 1. The van der Waals surface area contributed by atoms with Gasteiger partial charge in [-0.15, -0.1) is 0 Å². The molecule has 0 amide bonds. The highest BCUT2D eigenvalue weighted by Gasteiger charge is 2.17. The van der Waals surface area contributed by atoms with Gasteiger partial charge in [0.05, 0.1) is 0 Å². The van der Waals surface area contributed by atoms with Crippen LogP contribution in [-0.4, -0.2) is 38.3 Å². The maximum Gasteiger partial charge on any atom is 0.339 e. The quantitative estimate of drug-likeness (QED) is 0.835. The summed E-state index contributed by atoms with van der Waals surface area (Å²) in [6, 6.07) is 1.77. The second-order valence-electron chi connectivity index (χ2n) is 4.72. The van der Waals surface area contributed by atoms with Gasteiger partial charge in [-0.1, -0.05) is 0 Å². The van der Waals surface area contributed by atoms with E-state index in [1.807, 2.05) is 13.8 Å². The van der Waals surface area contributed by atoms with Crippen molar-refractivity contribution in [2.45, 2.75) is 33.2 Å². The number of nitrogens with one attached hydrogen (secondary N) is 1. The third-order valence-corrected chi connectivity index (χ3v) is 3.59. The number of hydrogen-bond donors (Lipinski definition) is 2. The van der Waals surface area contributed by atoms with Gasteiger partial charge < -0.3 is 10.4 Å². The summed E-state index contributed by atoms with van der Waals surface area (Å²) >= 11 is 0. The van der Waals surface area contributed by atoms with Crippen LogP contribution in [0.15, 0.2) is 6.07 Å². The lowest BCUT2D eigenvalue weighted by atomic mass is 10.1. The summed E-state index contributed by atoms with van der Waals surface area (Å²) < 4.78 is 11.1. The summed E-state index contributed by atoms with van der Waals surface area (Å²) in [7, 11) is -0.844. The molecule has 0 aliphatic rings. The number of aryl methyl sites for hydroxylation is 2. The molecule has 1 aromatic rings. The van der Waals surface area contributed by atoms with E-state index in [0.717, 1.165) is 5.69 Å². The summed E-state index contributed by atoms with van der Waals surface area (Å²) in [5.74, 6) is -0.0142. The van der Waals surface area contributed by atoms with E-state index in [4.69, 9.17) is 0 Å². The monoisotopic (exact) mass is 284 g/mol. The number of nitrogens with zero attached hydrogens (tertiary/aromatic N) is 1. The predicted molar refractivity (Wildman–Crippen MR) is 77.3 cm³/mol. The normalized spacial score (nSPS) is 13.9. The van der Waals surface area contributed by atoms with E-state index in [2.05, 4.69) is 10.3 Å². The summed E-state index contributed by atoms with van der Waals surface area (Å²) in [6.07, 6.45) is 2.36. The molecule has 0 aliphatic heterocycles. The van der Waals surface area contributed by atoms with Gasteiger partial charge in [0.2, 0.25) is 0 Å². The van der Waals surface area contributed by atoms with Crippen molar-refractivity contribution in [3.05, 3.63) is 22.9 Å². The molecule has 0 spiro atoms. The number of rotatable bonds is 6. The van der Waals surface area contributed by atoms with Gasteiger partial charge in [-0.05, 0) is 38.8 Å². The van der Waals surface area contributed by atoms with Crippen molar-refractivity contribution in [3.8, 4) is 0 Å². The van der Waals surface area contributed by atoms with E-state index in [9.17, 15) is 14.1 Å². The number of aromatic nitrogens is 1. The number of carboxylic acid groups (broad SMARTS) is 1. The van der Waals surface area contributed by atoms with Crippen LogP contribution in [0.4, 0.5) is 5.82 Å². The fourth-order valence-electron chi connectivity index (χ4n) is 1.86. The first kappa shape index (κ1) is 15.6. The average Bonchev–Trinajstić information content (AvgIpc) is 2.24. The van der Waals surface area contributed by atoms with E-state index >= 15 is 0 Å². The molecule has 0 saturated heterocycles. The van der Waals surface area contributed by atoms with Crippen molar-refractivity contribution in [1.82, 2.24) is 4.98 Å². The molecule has 2 unspecified atom stereocenters. The van der Waals surface area contributed by atoms with Crippen molar-refractivity contribution in [2.24, 2.45) is 0 Å². The number of carbonyl (C=O) groups is 1. The molecule has 1 heterocycles. The van der Waals surface area contributed by atoms with Crippen molar-refractivity contribution < 1.29 is 14.1 Å². The summed E-state index contributed by atoms with van der Waals surface area (Å²) in [5.41, 5.74) is 1.67. The second kappa shape index (κ2) is 6.65. The molecule has 1 aromatic heterocycles. The molecule has 0 radical (unpaired) electrons. The molecule has 1 rings (SSSR count). The van der Waals surface area contributed by atoms with Gasteiger partial charge in [0.15, 0.2) is 0 Å². The largest absolute Gasteiger partial charge is 0.478 e. The van der Waals surface area contributed by atoms with Crippen LogP contribution >= 0.6 is 0 Å². The van der Waals surface area contributed by atoms with Crippen molar-refractivity contribution in [3.63, 3.8) is 0 Å². The lowest BCUT2D eigenvalue weighted by Gasteiger charge is -2.17. The van der Waals surface area contributed by atoms with Crippen LogP contribution in [0.5, 0.6) is 0 Å². The first-order chi connectivity index (χ1) is 8.81. The first-order valence-corrected chi connectivity index (χ1v) is 7.82. The van der Waals surface area contributed by atoms with Crippen molar-refractivity contribution in [2.75, 3.05) is 17.3 Å². The Kier molecular flexibility index (Phi) is 5.47. The molecule has 2 N–H and O–H groups in total. The van der Waals surface area contributed by atoms with Crippen LogP contribution in [0, 0.1) is 13.8 Å². The molecule has 2 atom stereocenters. The van der Waals surface area contributed by atoms with Crippen LogP contribution in [0.25, 0.3) is 0 Å². The van der Waals surface area contributed by atoms with Crippen LogP contribution in [-0.2, 0) is 10.8 Å². The Hall–Kier alpha value is -1.43. The Morgan fingerprint density at radius 2 is 2.16 bits per heavy atom. The van der Waals surface area contributed by atoms with Gasteiger partial charge in [0.1, 0.15) is 11.4 Å². The lowest BCUT2D eigenvalue weighted by Crippen LogP contribution is -2.21. The smallest absolute Gasteiger partial charge is 0.339 e. The Balaban J connectivity index is 2.93. The molecule has 0 saturated carbocycles. The molecule has 6 heteroatoms. The van der Waals surface area contributed by atoms with Gasteiger partial charge in [0, 0.05) is 34.5 Å². The molecule has 0 aromatic carbocycles. The van der Waals surface area contributed by atoms with Gasteiger partial charge >= 0.3 is 5.97 Å². The maximum absolute atomic E-state index is 11.3. The van der Waals surface area contributed by atoms with Crippen LogP contribution in [0.2, 0.25) is 0 Å². The predicted octanol–water partition coefficient (Wildman–Crippen LogP) is 1.97. The standard InChI is InChI=1S/C13H20N2O3S/c1-8-7-10(3)15-12(11(8)13(16)17)14-9(2)5-6-19(4)18/h7,9H,5-6H2,1-4H3,(H,14,15)(H,16,17). The zero-order chi connectivity index (χ0) is 14.6. The van der Waals surface area contributed by atoms with Crippen LogP contribution < -0.4 is 5.32 Å². The Labute approximate surface area is 115 Å². The Morgan fingerprint density at radius 3 is 2.68 bits per heavy atom. The average molecular weight is 284 g/mol. The minimum atomic E-state index is -0.987. The summed E-state index contributed by atoms with van der Waals surface area (Å²) in [4.78, 5) is 15.5. The molecule has 0 bridgehead atoms. The van der Waals surface area contributed by atoms with Crippen LogP contribution in [0.1, 0.15) is 35.0 Å². The topological polar surface area (TPSA) is 79.3 Å². The van der Waals surface area contributed by atoms with Gasteiger partial charge in [-0.25, -0.2) is 9.78 Å². The Morgan fingerprint density at radius 1 is 1.53 bits per heavy atom. The number of aromatic carboxylic acids is 1. The summed E-state index contributed by atoms with van der Waals surface area (Å²) in [5, 5.41) is 12.3. The number of hydrogen-bond acceptors (Lipinski definition) is 4. The van der Waals surface area contributed by atoms with E-state index in [1.54, 1.807) is 19.2 Å². The number of anilines is 1. The zero-order valence-electron chi connectivity index (χ0n) is 11.7. The lowest BCUT2D eigenvalue weighted by molar-refractivity contribution is 0.0696. The minimum absolute atomic E-state index is 0.0238. The SMILES string of the molecule is Cc1cc(C)c(C(=O)O)c(NC(C)CCS(C)=O)n1. The zero-order valence-corrected chi connectivity index (χ0v) is 12.5. The molecular weight excluding hydrogens is 264 g/mol.